The summed E-state index contributed by atoms with van der Waals surface area (Å²) in [6, 6.07) is 12.3. The van der Waals surface area contributed by atoms with E-state index in [1.807, 2.05) is 63.4 Å². The van der Waals surface area contributed by atoms with Crippen molar-refractivity contribution in [2.45, 2.75) is 77.3 Å². The number of allylic oxidation sites excluding steroid dienone is 2. The first-order valence-corrected chi connectivity index (χ1v) is 17.4. The lowest BCUT2D eigenvalue weighted by atomic mass is 9.71. The van der Waals surface area contributed by atoms with E-state index >= 15 is 0 Å². The van der Waals surface area contributed by atoms with Gasteiger partial charge in [-0.15, -0.1) is 0 Å². The molecule has 6 atom stereocenters. The maximum atomic E-state index is 14.2. The summed E-state index contributed by atoms with van der Waals surface area (Å²) in [7, 11) is 3.28. The van der Waals surface area contributed by atoms with Crippen molar-refractivity contribution in [3.8, 4) is 5.75 Å². The number of aromatic nitrogens is 1. The molecule has 51 heavy (non-hydrogen) atoms. The molecular formula is C39H44N4O8. The maximum absolute atomic E-state index is 14.2. The van der Waals surface area contributed by atoms with Gasteiger partial charge >= 0.3 is 5.97 Å². The van der Waals surface area contributed by atoms with E-state index in [9.17, 15) is 19.5 Å². The molecule has 4 aliphatic heterocycles. The van der Waals surface area contributed by atoms with Crippen LogP contribution in [0.2, 0.25) is 0 Å². The number of carbonyl (C=O) groups excluding carboxylic acids is 3. The number of rotatable bonds is 6. The summed E-state index contributed by atoms with van der Waals surface area (Å²) in [6.07, 6.45) is 2.06. The molecule has 0 saturated heterocycles. The lowest BCUT2D eigenvalue weighted by Crippen LogP contribution is -2.55. The van der Waals surface area contributed by atoms with Gasteiger partial charge in [-0.3, -0.25) is 9.59 Å². The molecule has 1 aromatic heterocycles. The summed E-state index contributed by atoms with van der Waals surface area (Å²) in [5.41, 5.74) is 3.12. The summed E-state index contributed by atoms with van der Waals surface area (Å²) >= 11 is 0. The fourth-order valence-corrected chi connectivity index (χ4v) is 7.76. The number of fused-ring (bicyclic) bond motifs is 4. The summed E-state index contributed by atoms with van der Waals surface area (Å²) in [6.45, 7) is 9.53. The van der Waals surface area contributed by atoms with Crippen molar-refractivity contribution in [1.82, 2.24) is 15.6 Å². The van der Waals surface area contributed by atoms with Crippen molar-refractivity contribution in [2.75, 3.05) is 19.1 Å². The van der Waals surface area contributed by atoms with Crippen LogP contribution in [-0.2, 0) is 30.9 Å². The number of likely N-dealkylation sites (N-methyl/N-ethyl adjacent to an activating group) is 1. The molecular weight excluding hydrogens is 652 g/mol. The molecule has 0 saturated carbocycles. The summed E-state index contributed by atoms with van der Waals surface area (Å²) in [4.78, 5) is 46.7. The van der Waals surface area contributed by atoms with Gasteiger partial charge in [-0.1, -0.05) is 65.0 Å². The van der Waals surface area contributed by atoms with Gasteiger partial charge in [0.2, 0.25) is 17.7 Å². The molecule has 12 nitrogen and oxygen atoms in total. The minimum atomic E-state index is -1.28. The molecule has 0 fully saturated rings. The number of oxazole rings is 1. The van der Waals surface area contributed by atoms with Crippen molar-refractivity contribution in [1.29, 1.82) is 0 Å². The van der Waals surface area contributed by atoms with Crippen molar-refractivity contribution >= 4 is 29.0 Å². The van der Waals surface area contributed by atoms with Gasteiger partial charge in [-0.2, -0.15) is 0 Å². The minimum Gasteiger partial charge on any atom is -0.468 e. The quantitative estimate of drug-likeness (QED) is 0.315. The number of para-hydroxylation sites is 1. The van der Waals surface area contributed by atoms with E-state index < -0.39 is 47.6 Å². The maximum Gasteiger partial charge on any atom is 0.360 e. The Kier molecular flexibility index (Phi) is 8.69. The van der Waals surface area contributed by atoms with Gasteiger partial charge in [0.25, 0.3) is 0 Å². The van der Waals surface area contributed by atoms with Gasteiger partial charge in [-0.25, -0.2) is 9.78 Å². The largest absolute Gasteiger partial charge is 0.468 e. The molecule has 0 radical (unpaired) electrons. The zero-order chi connectivity index (χ0) is 36.4. The number of hydrogen-bond donors (Lipinski definition) is 3. The lowest BCUT2D eigenvalue weighted by Gasteiger charge is -2.37. The Morgan fingerprint density at radius 2 is 1.90 bits per heavy atom. The van der Waals surface area contributed by atoms with Crippen LogP contribution in [0.25, 0.3) is 5.57 Å². The first-order chi connectivity index (χ1) is 24.4. The van der Waals surface area contributed by atoms with Crippen molar-refractivity contribution in [2.24, 2.45) is 17.8 Å². The lowest BCUT2D eigenvalue weighted by molar-refractivity contribution is -0.135. The average molecular weight is 697 g/mol. The number of ether oxygens (including phenoxy) is 3. The first kappa shape index (κ1) is 34.4. The molecule has 3 N–H and O–H groups in total. The fourth-order valence-electron chi connectivity index (χ4n) is 7.76. The number of esters is 1. The number of anilines is 1. The zero-order valence-corrected chi connectivity index (χ0v) is 29.9. The molecule has 7 rings (SSSR count). The molecule has 1 spiro atoms. The molecule has 6 unspecified atom stereocenters. The van der Waals surface area contributed by atoms with Gasteiger partial charge in [0.1, 0.15) is 41.1 Å². The predicted molar refractivity (Wildman–Crippen MR) is 187 cm³/mol. The van der Waals surface area contributed by atoms with E-state index in [1.165, 1.54) is 13.4 Å². The molecule has 2 aromatic carbocycles. The van der Waals surface area contributed by atoms with Gasteiger partial charge in [0.05, 0.1) is 18.7 Å². The van der Waals surface area contributed by atoms with Crippen LogP contribution in [-0.4, -0.2) is 66.4 Å². The molecule has 4 aliphatic rings. The van der Waals surface area contributed by atoms with E-state index in [0.717, 1.165) is 22.4 Å². The molecule has 12 heteroatoms. The Bertz CT molecular complexity index is 1960. The van der Waals surface area contributed by atoms with Crippen LogP contribution in [0.3, 0.4) is 0 Å². The average Bonchev–Trinajstić information content (AvgIpc) is 3.75. The second-order valence-electron chi connectivity index (χ2n) is 14.5. The van der Waals surface area contributed by atoms with Crippen LogP contribution in [0.1, 0.15) is 74.1 Å². The Morgan fingerprint density at radius 1 is 1.14 bits per heavy atom. The minimum absolute atomic E-state index is 0.0322. The monoisotopic (exact) mass is 696 g/mol. The smallest absolute Gasteiger partial charge is 0.360 e. The third-order valence-corrected chi connectivity index (χ3v) is 10.5. The SMILES string of the molecule is COC(=O)c1coc(C2=C3OC(=CCC2C)C(C(C)C)NC(=O)C(NC(=O)C(O)C(C)C)Cc2ccc4c(c2)C32c3ccccc3N(C)C2O4)n1. The first-order valence-electron chi connectivity index (χ1n) is 17.4. The third kappa shape index (κ3) is 5.47. The number of nitrogens with zero attached hydrogens (tertiary/aromatic N) is 2. The van der Waals surface area contributed by atoms with Crippen molar-refractivity contribution in [3.05, 3.63) is 94.6 Å². The number of carbonyl (C=O) groups is 3. The van der Waals surface area contributed by atoms with Crippen LogP contribution in [0.15, 0.2) is 70.7 Å². The molecule has 0 aliphatic carbocycles. The summed E-state index contributed by atoms with van der Waals surface area (Å²) in [5, 5.41) is 16.6. The van der Waals surface area contributed by atoms with Crippen LogP contribution < -0.4 is 20.3 Å². The number of aliphatic hydroxyl groups excluding tert-OH is 1. The highest BCUT2D eigenvalue weighted by Crippen LogP contribution is 2.62. The van der Waals surface area contributed by atoms with Crippen molar-refractivity contribution < 1.29 is 38.1 Å². The molecule has 3 aromatic rings. The van der Waals surface area contributed by atoms with E-state index in [2.05, 4.69) is 33.5 Å². The molecule has 268 valence electrons. The number of hydrogen-bond acceptors (Lipinski definition) is 10. The highest BCUT2D eigenvalue weighted by Gasteiger charge is 2.63. The van der Waals surface area contributed by atoms with Gasteiger partial charge < -0.3 is 39.3 Å². The third-order valence-electron chi connectivity index (χ3n) is 10.5. The Labute approximate surface area is 296 Å². The highest BCUT2D eigenvalue weighted by molar-refractivity contribution is 5.90. The second-order valence-corrected chi connectivity index (χ2v) is 14.5. The molecule has 4 bridgehead atoms. The molecule has 5 heterocycles. The predicted octanol–water partition coefficient (Wildman–Crippen LogP) is 4.47. The summed E-state index contributed by atoms with van der Waals surface area (Å²) < 4.78 is 25.1. The summed E-state index contributed by atoms with van der Waals surface area (Å²) in [5.74, 6) is -0.423. The van der Waals surface area contributed by atoms with Crippen LogP contribution >= 0.6 is 0 Å². The fraction of sp³-hybridized carbons (Fsp3) is 0.436. The van der Waals surface area contributed by atoms with Gasteiger partial charge in [0.15, 0.2) is 11.9 Å². The number of methoxy groups -OCH3 is 1. The van der Waals surface area contributed by atoms with Gasteiger partial charge in [-0.05, 0) is 53.5 Å². The number of aliphatic hydroxyl groups is 1. The highest BCUT2D eigenvalue weighted by atomic mass is 16.5. The molecule has 2 amide bonds. The second kappa shape index (κ2) is 12.9. The number of amides is 2. The topological polar surface area (TPSA) is 152 Å². The van der Waals surface area contributed by atoms with Crippen LogP contribution in [0, 0.1) is 17.8 Å². The van der Waals surface area contributed by atoms with E-state index in [0.29, 0.717) is 29.3 Å². The standard InChI is InChI=1S/C39H44N4O8/c1-19(2)31-29-14-12-21(5)30(36-41-26(18-49-36)37(47)48-7)33(50-29)39-23-10-8-9-11-27(23)43(6)38(39)51-28-15-13-22(16-24(28)39)17-25(34(45)42-31)40-35(46)32(44)20(3)4/h8-11,13-16,18-21,25,31-32,38,44H,12,17H2,1-7H3,(H,40,46)(H,42,45). The van der Waals surface area contributed by atoms with Crippen LogP contribution in [0.5, 0.6) is 5.75 Å². The number of benzene rings is 2. The van der Waals surface area contributed by atoms with Crippen LogP contribution in [0.4, 0.5) is 5.69 Å². The Balaban J connectivity index is 1.52. The van der Waals surface area contributed by atoms with E-state index in [-0.39, 0.29) is 35.8 Å². The number of nitrogens with one attached hydrogen (secondary N) is 2. The normalized spacial score (nSPS) is 25.7. The Hall–Kier alpha value is -5.10. The van der Waals surface area contributed by atoms with E-state index in [1.54, 1.807) is 13.8 Å². The van der Waals surface area contributed by atoms with Gasteiger partial charge in [0, 0.05) is 24.7 Å². The zero-order valence-electron chi connectivity index (χ0n) is 29.9. The van der Waals surface area contributed by atoms with Crippen molar-refractivity contribution in [3.63, 3.8) is 0 Å². The Morgan fingerprint density at radius 3 is 2.63 bits per heavy atom. The van der Waals surface area contributed by atoms with E-state index in [4.69, 9.17) is 18.6 Å².